The van der Waals surface area contributed by atoms with E-state index in [4.69, 9.17) is 10.8 Å². The third-order valence-corrected chi connectivity index (χ3v) is 3.27. The van der Waals surface area contributed by atoms with Crippen LogP contribution in [0.3, 0.4) is 0 Å². The monoisotopic (exact) mass is 248 g/mol. The molecular formula is C13H16N2O3. The first-order valence-electron chi connectivity index (χ1n) is 5.95. The van der Waals surface area contributed by atoms with Gasteiger partial charge in [0.25, 0.3) is 5.91 Å². The summed E-state index contributed by atoms with van der Waals surface area (Å²) in [6.45, 7) is 0. The van der Waals surface area contributed by atoms with E-state index in [0.717, 1.165) is 0 Å². The summed E-state index contributed by atoms with van der Waals surface area (Å²) in [5, 5.41) is 11.7. The average Bonchev–Trinajstić information content (AvgIpc) is 2.77. The number of carbonyl (C=O) groups excluding carboxylic acids is 1. The maximum Gasteiger partial charge on any atom is 0.306 e. The number of rotatable bonds is 3. The fourth-order valence-corrected chi connectivity index (χ4v) is 2.29. The minimum atomic E-state index is -0.782. The standard InChI is InChI=1S/C13H16N2O3/c14-10-3-1-2-8(6-10)12(16)15-11-5-4-9(7-11)13(17)18/h1-3,6,9,11H,4-5,7,14H2,(H,15,16)(H,17,18). The molecule has 96 valence electrons. The van der Waals surface area contributed by atoms with Gasteiger partial charge in [-0.25, -0.2) is 0 Å². The molecule has 0 spiro atoms. The van der Waals surface area contributed by atoms with Crippen LogP contribution in [0, 0.1) is 5.92 Å². The number of nitrogen functional groups attached to an aromatic ring is 1. The second-order valence-corrected chi connectivity index (χ2v) is 4.64. The van der Waals surface area contributed by atoms with Gasteiger partial charge in [0.2, 0.25) is 0 Å². The Kier molecular flexibility index (Phi) is 3.50. The predicted octanol–water partition coefficient (Wildman–Crippen LogP) is 1.25. The first-order chi connectivity index (χ1) is 8.56. The summed E-state index contributed by atoms with van der Waals surface area (Å²) in [5.41, 5.74) is 6.66. The Hall–Kier alpha value is -2.04. The number of hydrogen-bond acceptors (Lipinski definition) is 3. The van der Waals surface area contributed by atoms with Crippen LogP contribution in [0.2, 0.25) is 0 Å². The molecule has 2 atom stereocenters. The van der Waals surface area contributed by atoms with Crippen LogP contribution in [0.1, 0.15) is 29.6 Å². The van der Waals surface area contributed by atoms with Gasteiger partial charge >= 0.3 is 5.97 Å². The summed E-state index contributed by atoms with van der Waals surface area (Å²) in [4.78, 5) is 22.7. The molecule has 5 nitrogen and oxygen atoms in total. The number of hydrogen-bond donors (Lipinski definition) is 3. The molecule has 0 saturated heterocycles. The average molecular weight is 248 g/mol. The molecule has 2 unspecified atom stereocenters. The minimum absolute atomic E-state index is 0.0555. The van der Waals surface area contributed by atoms with Crippen LogP contribution in [-0.4, -0.2) is 23.0 Å². The Morgan fingerprint density at radius 2 is 2.11 bits per heavy atom. The molecule has 18 heavy (non-hydrogen) atoms. The molecule has 0 radical (unpaired) electrons. The number of anilines is 1. The van der Waals surface area contributed by atoms with Gasteiger partial charge in [-0.05, 0) is 37.5 Å². The molecule has 1 aromatic carbocycles. The van der Waals surface area contributed by atoms with Crippen LogP contribution in [0.15, 0.2) is 24.3 Å². The van der Waals surface area contributed by atoms with E-state index in [1.165, 1.54) is 0 Å². The van der Waals surface area contributed by atoms with E-state index in [-0.39, 0.29) is 17.9 Å². The second kappa shape index (κ2) is 5.08. The van der Waals surface area contributed by atoms with Gasteiger partial charge in [0.15, 0.2) is 0 Å². The normalized spacial score (nSPS) is 22.7. The molecule has 1 amide bonds. The smallest absolute Gasteiger partial charge is 0.306 e. The van der Waals surface area contributed by atoms with Crippen LogP contribution in [0.25, 0.3) is 0 Å². The van der Waals surface area contributed by atoms with Crippen LogP contribution in [0.4, 0.5) is 5.69 Å². The molecule has 1 aliphatic rings. The molecule has 0 aromatic heterocycles. The minimum Gasteiger partial charge on any atom is -0.481 e. The number of amides is 1. The van der Waals surface area contributed by atoms with Crippen molar-refractivity contribution in [2.24, 2.45) is 5.92 Å². The van der Waals surface area contributed by atoms with Crippen LogP contribution >= 0.6 is 0 Å². The highest BCUT2D eigenvalue weighted by atomic mass is 16.4. The van der Waals surface area contributed by atoms with E-state index in [0.29, 0.717) is 30.5 Å². The topological polar surface area (TPSA) is 92.4 Å². The number of aliphatic carboxylic acids is 1. The third kappa shape index (κ3) is 2.80. The second-order valence-electron chi connectivity index (χ2n) is 4.64. The van der Waals surface area contributed by atoms with Gasteiger partial charge in [-0.2, -0.15) is 0 Å². The van der Waals surface area contributed by atoms with E-state index >= 15 is 0 Å². The van der Waals surface area contributed by atoms with Crippen molar-refractivity contribution >= 4 is 17.6 Å². The molecule has 2 rings (SSSR count). The summed E-state index contributed by atoms with van der Waals surface area (Å²) in [5.74, 6) is -1.31. The van der Waals surface area contributed by atoms with Crippen molar-refractivity contribution in [1.29, 1.82) is 0 Å². The largest absolute Gasteiger partial charge is 0.481 e. The highest BCUT2D eigenvalue weighted by molar-refractivity contribution is 5.95. The molecule has 1 aromatic rings. The van der Waals surface area contributed by atoms with Gasteiger partial charge in [-0.3, -0.25) is 9.59 Å². The Morgan fingerprint density at radius 3 is 2.72 bits per heavy atom. The first kappa shape index (κ1) is 12.4. The van der Waals surface area contributed by atoms with E-state index < -0.39 is 5.97 Å². The number of benzene rings is 1. The summed E-state index contributed by atoms with van der Waals surface area (Å²) < 4.78 is 0. The fourth-order valence-electron chi connectivity index (χ4n) is 2.29. The molecule has 1 aliphatic carbocycles. The van der Waals surface area contributed by atoms with Crippen molar-refractivity contribution < 1.29 is 14.7 Å². The molecule has 0 heterocycles. The molecule has 0 aliphatic heterocycles. The first-order valence-corrected chi connectivity index (χ1v) is 5.95. The number of carbonyl (C=O) groups is 2. The lowest BCUT2D eigenvalue weighted by molar-refractivity contribution is -0.141. The number of carboxylic acids is 1. The molecule has 1 fully saturated rings. The van der Waals surface area contributed by atoms with E-state index in [1.807, 2.05) is 0 Å². The third-order valence-electron chi connectivity index (χ3n) is 3.27. The summed E-state index contributed by atoms with van der Waals surface area (Å²) in [7, 11) is 0. The van der Waals surface area contributed by atoms with Crippen LogP contribution in [0.5, 0.6) is 0 Å². The maximum absolute atomic E-state index is 11.9. The van der Waals surface area contributed by atoms with Gasteiger partial charge < -0.3 is 16.2 Å². The highest BCUT2D eigenvalue weighted by Crippen LogP contribution is 2.25. The molecular weight excluding hydrogens is 232 g/mol. The van der Waals surface area contributed by atoms with Crippen molar-refractivity contribution in [2.45, 2.75) is 25.3 Å². The molecule has 0 bridgehead atoms. The zero-order valence-electron chi connectivity index (χ0n) is 9.93. The fraction of sp³-hybridized carbons (Fsp3) is 0.385. The predicted molar refractivity (Wildman–Crippen MR) is 67.1 cm³/mol. The maximum atomic E-state index is 11.9. The van der Waals surface area contributed by atoms with Gasteiger partial charge in [-0.15, -0.1) is 0 Å². The Morgan fingerprint density at radius 1 is 1.33 bits per heavy atom. The lowest BCUT2D eigenvalue weighted by atomic mass is 10.1. The quantitative estimate of drug-likeness (QED) is 0.702. The van der Waals surface area contributed by atoms with Crippen LogP contribution < -0.4 is 11.1 Å². The van der Waals surface area contributed by atoms with Crippen LogP contribution in [-0.2, 0) is 4.79 Å². The molecule has 4 N–H and O–H groups in total. The van der Waals surface area contributed by atoms with Gasteiger partial charge in [0, 0.05) is 17.3 Å². The van der Waals surface area contributed by atoms with E-state index in [1.54, 1.807) is 24.3 Å². The van der Waals surface area contributed by atoms with Gasteiger partial charge in [-0.1, -0.05) is 6.07 Å². The Balaban J connectivity index is 1.95. The van der Waals surface area contributed by atoms with E-state index in [9.17, 15) is 9.59 Å². The van der Waals surface area contributed by atoms with Crippen molar-refractivity contribution in [2.75, 3.05) is 5.73 Å². The van der Waals surface area contributed by atoms with Crippen molar-refractivity contribution in [3.63, 3.8) is 0 Å². The number of nitrogens with two attached hydrogens (primary N) is 1. The van der Waals surface area contributed by atoms with Crippen molar-refractivity contribution in [3.8, 4) is 0 Å². The molecule has 5 heteroatoms. The zero-order valence-corrected chi connectivity index (χ0v) is 9.93. The highest BCUT2D eigenvalue weighted by Gasteiger charge is 2.30. The summed E-state index contributed by atoms with van der Waals surface area (Å²) in [6, 6.07) is 6.68. The number of nitrogens with one attached hydrogen (secondary N) is 1. The SMILES string of the molecule is Nc1cccc(C(=O)NC2CCC(C(=O)O)C2)c1. The molecule has 1 saturated carbocycles. The lowest BCUT2D eigenvalue weighted by Gasteiger charge is -2.12. The van der Waals surface area contributed by atoms with Crippen molar-refractivity contribution in [3.05, 3.63) is 29.8 Å². The van der Waals surface area contributed by atoms with E-state index in [2.05, 4.69) is 5.32 Å². The van der Waals surface area contributed by atoms with Gasteiger partial charge in [0.05, 0.1) is 5.92 Å². The lowest BCUT2D eigenvalue weighted by Crippen LogP contribution is -2.33. The zero-order chi connectivity index (χ0) is 13.1. The summed E-state index contributed by atoms with van der Waals surface area (Å²) in [6.07, 6.45) is 1.84. The Labute approximate surface area is 105 Å². The van der Waals surface area contributed by atoms with Crippen molar-refractivity contribution in [1.82, 2.24) is 5.32 Å². The number of carboxylic acid groups (broad SMARTS) is 1. The summed E-state index contributed by atoms with van der Waals surface area (Å²) >= 11 is 0. The van der Waals surface area contributed by atoms with Gasteiger partial charge in [0.1, 0.15) is 0 Å². The Bertz CT molecular complexity index is 473.